The van der Waals surface area contributed by atoms with Gasteiger partial charge >= 0.3 is 0 Å². The SMILES string of the molecule is CC1(C)c2cc(O)ccc2N(Cc2ccc(OCCN3CCCCCC3)cc2)[C@@H]1c1ccccc1. The molecular weight excluding hydrogens is 432 g/mol. The summed E-state index contributed by atoms with van der Waals surface area (Å²) >= 11 is 0. The Morgan fingerprint density at radius 3 is 2.31 bits per heavy atom. The van der Waals surface area contributed by atoms with Gasteiger partial charge in [0.25, 0.3) is 0 Å². The lowest BCUT2D eigenvalue weighted by Gasteiger charge is -2.35. The zero-order valence-corrected chi connectivity index (χ0v) is 21.1. The molecule has 0 amide bonds. The van der Waals surface area contributed by atoms with Crippen molar-refractivity contribution in [3.05, 3.63) is 89.5 Å². The van der Waals surface area contributed by atoms with Crippen LogP contribution in [0.2, 0.25) is 0 Å². The van der Waals surface area contributed by atoms with Crippen LogP contribution >= 0.6 is 0 Å². The largest absolute Gasteiger partial charge is 0.508 e. The number of rotatable bonds is 7. The molecule has 1 fully saturated rings. The van der Waals surface area contributed by atoms with Crippen molar-refractivity contribution in [3.63, 3.8) is 0 Å². The Kier molecular flexibility index (Phi) is 7.01. The van der Waals surface area contributed by atoms with Gasteiger partial charge in [-0.15, -0.1) is 0 Å². The Hall–Kier alpha value is -2.98. The van der Waals surface area contributed by atoms with Gasteiger partial charge in [0, 0.05) is 24.2 Å². The topological polar surface area (TPSA) is 35.9 Å². The van der Waals surface area contributed by atoms with E-state index >= 15 is 0 Å². The maximum atomic E-state index is 10.2. The molecule has 0 bridgehead atoms. The highest BCUT2D eigenvalue weighted by atomic mass is 16.5. The minimum atomic E-state index is -0.133. The van der Waals surface area contributed by atoms with Crippen molar-refractivity contribution in [2.45, 2.75) is 57.5 Å². The summed E-state index contributed by atoms with van der Waals surface area (Å²) in [6.45, 7) is 9.52. The molecule has 0 radical (unpaired) electrons. The van der Waals surface area contributed by atoms with Gasteiger partial charge in [0.05, 0.1) is 6.04 Å². The van der Waals surface area contributed by atoms with E-state index < -0.39 is 0 Å². The summed E-state index contributed by atoms with van der Waals surface area (Å²) in [6, 6.07) is 25.3. The van der Waals surface area contributed by atoms with E-state index in [0.29, 0.717) is 5.75 Å². The number of nitrogens with zero attached hydrogens (tertiary/aromatic N) is 2. The number of fused-ring (bicyclic) bond motifs is 1. The van der Waals surface area contributed by atoms with Gasteiger partial charge in [-0.3, -0.25) is 4.90 Å². The van der Waals surface area contributed by atoms with Crippen LogP contribution in [-0.4, -0.2) is 36.2 Å². The molecule has 0 unspecified atom stereocenters. The Morgan fingerprint density at radius 1 is 0.886 bits per heavy atom. The quantitative estimate of drug-likeness (QED) is 0.417. The van der Waals surface area contributed by atoms with E-state index in [-0.39, 0.29) is 11.5 Å². The second kappa shape index (κ2) is 10.3. The zero-order valence-electron chi connectivity index (χ0n) is 21.1. The second-order valence-corrected chi connectivity index (χ2v) is 10.6. The van der Waals surface area contributed by atoms with E-state index in [4.69, 9.17) is 4.74 Å². The molecule has 1 saturated heterocycles. The smallest absolute Gasteiger partial charge is 0.119 e. The highest BCUT2D eigenvalue weighted by Crippen LogP contribution is 2.54. The number of phenols is 1. The molecule has 2 heterocycles. The minimum Gasteiger partial charge on any atom is -0.508 e. The molecule has 3 aromatic carbocycles. The molecule has 1 atom stereocenters. The molecule has 0 aliphatic carbocycles. The lowest BCUT2D eigenvalue weighted by atomic mass is 9.77. The Morgan fingerprint density at radius 2 is 1.60 bits per heavy atom. The van der Waals surface area contributed by atoms with Crippen LogP contribution in [0.15, 0.2) is 72.8 Å². The molecule has 5 rings (SSSR count). The fraction of sp³-hybridized carbons (Fsp3) is 0.419. The van der Waals surface area contributed by atoms with Gasteiger partial charge in [-0.25, -0.2) is 0 Å². The van der Waals surface area contributed by atoms with E-state index in [2.05, 4.69) is 84.3 Å². The standard InChI is InChI=1S/C31H38N2O2/c1-31(2)28-22-26(34)14-17-29(28)33(30(31)25-10-6-5-7-11-25)23-24-12-15-27(16-13-24)35-21-20-32-18-8-3-4-9-19-32/h5-7,10-17,22,30,34H,3-4,8-9,18-21,23H2,1-2H3/t30-/m1/s1. The highest BCUT2D eigenvalue weighted by Gasteiger charge is 2.45. The average Bonchev–Trinajstić information content (AvgIpc) is 3.02. The first-order valence-electron chi connectivity index (χ1n) is 13.1. The van der Waals surface area contributed by atoms with Crippen LogP contribution in [-0.2, 0) is 12.0 Å². The van der Waals surface area contributed by atoms with E-state index in [1.807, 2.05) is 6.07 Å². The zero-order chi connectivity index (χ0) is 24.3. The lowest BCUT2D eigenvalue weighted by Crippen LogP contribution is -2.33. The molecule has 0 spiro atoms. The molecule has 4 nitrogen and oxygen atoms in total. The maximum Gasteiger partial charge on any atom is 0.119 e. The van der Waals surface area contributed by atoms with E-state index in [9.17, 15) is 5.11 Å². The average molecular weight is 471 g/mol. The number of ether oxygens (including phenoxy) is 1. The van der Waals surface area contributed by atoms with Crippen LogP contribution in [0.3, 0.4) is 0 Å². The summed E-state index contributed by atoms with van der Waals surface area (Å²) in [6.07, 6.45) is 5.36. The van der Waals surface area contributed by atoms with E-state index in [1.165, 1.54) is 61.2 Å². The number of anilines is 1. The van der Waals surface area contributed by atoms with Crippen molar-refractivity contribution >= 4 is 5.69 Å². The maximum absolute atomic E-state index is 10.2. The van der Waals surface area contributed by atoms with Gasteiger partial charge in [0.15, 0.2) is 0 Å². The van der Waals surface area contributed by atoms with Crippen molar-refractivity contribution in [3.8, 4) is 11.5 Å². The monoisotopic (exact) mass is 470 g/mol. The molecule has 2 aliphatic heterocycles. The number of likely N-dealkylation sites (tertiary alicyclic amines) is 1. The summed E-state index contributed by atoms with van der Waals surface area (Å²) in [4.78, 5) is 5.02. The van der Waals surface area contributed by atoms with Crippen LogP contribution in [0, 0.1) is 0 Å². The fourth-order valence-corrected chi connectivity index (χ4v) is 5.92. The van der Waals surface area contributed by atoms with Crippen molar-refractivity contribution in [2.24, 2.45) is 0 Å². The van der Waals surface area contributed by atoms with Gasteiger partial charge in [0.2, 0.25) is 0 Å². The Bertz CT molecular complexity index is 1100. The van der Waals surface area contributed by atoms with Gasteiger partial charge in [-0.1, -0.05) is 69.2 Å². The third kappa shape index (κ3) is 5.18. The number of phenolic OH excluding ortho intramolecular Hbond substituents is 1. The summed E-state index contributed by atoms with van der Waals surface area (Å²) in [5.74, 6) is 1.27. The molecule has 0 saturated carbocycles. The summed E-state index contributed by atoms with van der Waals surface area (Å²) < 4.78 is 6.08. The fourth-order valence-electron chi connectivity index (χ4n) is 5.92. The second-order valence-electron chi connectivity index (χ2n) is 10.6. The predicted octanol–water partition coefficient (Wildman–Crippen LogP) is 6.69. The molecular formula is C31H38N2O2. The van der Waals surface area contributed by atoms with E-state index in [0.717, 1.165) is 25.4 Å². The number of hydrogen-bond donors (Lipinski definition) is 1. The molecule has 0 aromatic heterocycles. The van der Waals surface area contributed by atoms with Crippen LogP contribution in [0.1, 0.15) is 62.3 Å². The van der Waals surface area contributed by atoms with Crippen molar-refractivity contribution < 1.29 is 9.84 Å². The van der Waals surface area contributed by atoms with E-state index in [1.54, 1.807) is 6.07 Å². The molecule has 35 heavy (non-hydrogen) atoms. The molecule has 1 N–H and O–H groups in total. The lowest BCUT2D eigenvalue weighted by molar-refractivity contribution is 0.214. The Balaban J connectivity index is 1.30. The number of benzene rings is 3. The van der Waals surface area contributed by atoms with Gasteiger partial charge in [-0.05, 0) is 73.0 Å². The minimum absolute atomic E-state index is 0.133. The first-order valence-corrected chi connectivity index (χ1v) is 13.1. The summed E-state index contributed by atoms with van der Waals surface area (Å²) in [5.41, 5.74) is 4.80. The normalized spacial score (nSPS) is 19.8. The van der Waals surface area contributed by atoms with Crippen LogP contribution < -0.4 is 9.64 Å². The molecule has 3 aromatic rings. The van der Waals surface area contributed by atoms with Crippen molar-refractivity contribution in [1.82, 2.24) is 4.90 Å². The number of hydrogen-bond acceptors (Lipinski definition) is 4. The first kappa shape index (κ1) is 23.7. The van der Waals surface area contributed by atoms with Crippen molar-refractivity contribution in [1.29, 1.82) is 0 Å². The van der Waals surface area contributed by atoms with Crippen molar-refractivity contribution in [2.75, 3.05) is 31.1 Å². The molecule has 4 heteroatoms. The highest BCUT2D eigenvalue weighted by molar-refractivity contribution is 5.67. The third-order valence-electron chi connectivity index (χ3n) is 7.75. The van der Waals surface area contributed by atoms with Gasteiger partial charge < -0.3 is 14.7 Å². The molecule has 2 aliphatic rings. The summed E-state index contributed by atoms with van der Waals surface area (Å²) in [7, 11) is 0. The van der Waals surface area contributed by atoms with Crippen LogP contribution in [0.4, 0.5) is 5.69 Å². The van der Waals surface area contributed by atoms with Crippen LogP contribution in [0.5, 0.6) is 11.5 Å². The van der Waals surface area contributed by atoms with Gasteiger partial charge in [-0.2, -0.15) is 0 Å². The third-order valence-corrected chi connectivity index (χ3v) is 7.75. The first-order chi connectivity index (χ1) is 17.0. The number of aromatic hydroxyl groups is 1. The van der Waals surface area contributed by atoms with Gasteiger partial charge in [0.1, 0.15) is 18.1 Å². The summed E-state index contributed by atoms with van der Waals surface area (Å²) in [5, 5.41) is 10.2. The molecule has 184 valence electrons. The van der Waals surface area contributed by atoms with Crippen LogP contribution in [0.25, 0.3) is 0 Å². The Labute approximate surface area is 210 Å². The predicted molar refractivity (Wildman–Crippen MR) is 143 cm³/mol.